The molecule has 5 amide bonds. The standard InChI is InChI=1S/C21H22N4O4/c1-12(26)24(15-8-5-13(22)6-9-15)20(29)23-14-7-10-16-17(11-14)19(28)25(18(16)27)21(2,3)4/h5-11H,22H2,1-4H3,(H,23,29). The number of imide groups is 2. The number of nitrogens with two attached hydrogens (primary N) is 1. The van der Waals surface area contributed by atoms with E-state index >= 15 is 0 Å². The molecule has 1 heterocycles. The fourth-order valence-corrected chi connectivity index (χ4v) is 3.17. The quantitative estimate of drug-likeness (QED) is 0.600. The molecule has 3 rings (SSSR count). The van der Waals surface area contributed by atoms with Crippen molar-refractivity contribution in [1.82, 2.24) is 4.90 Å². The van der Waals surface area contributed by atoms with Gasteiger partial charge in [-0.25, -0.2) is 9.69 Å². The summed E-state index contributed by atoms with van der Waals surface area (Å²) in [6.45, 7) is 6.58. The van der Waals surface area contributed by atoms with Gasteiger partial charge in [-0.15, -0.1) is 0 Å². The zero-order chi connectivity index (χ0) is 21.5. The molecule has 0 aliphatic carbocycles. The number of urea groups is 1. The van der Waals surface area contributed by atoms with Crippen LogP contribution >= 0.6 is 0 Å². The van der Waals surface area contributed by atoms with Gasteiger partial charge in [0.1, 0.15) is 0 Å². The third-order valence-electron chi connectivity index (χ3n) is 4.48. The van der Waals surface area contributed by atoms with Crippen molar-refractivity contribution >= 4 is 40.8 Å². The van der Waals surface area contributed by atoms with Gasteiger partial charge in [0.05, 0.1) is 16.8 Å². The Morgan fingerprint density at radius 2 is 1.55 bits per heavy atom. The van der Waals surface area contributed by atoms with Crippen LogP contribution in [-0.2, 0) is 4.79 Å². The van der Waals surface area contributed by atoms with E-state index in [2.05, 4.69) is 5.32 Å². The Morgan fingerprint density at radius 1 is 0.966 bits per heavy atom. The molecule has 2 aromatic rings. The van der Waals surface area contributed by atoms with Crippen LogP contribution in [0.2, 0.25) is 0 Å². The van der Waals surface area contributed by atoms with E-state index in [4.69, 9.17) is 5.73 Å². The highest BCUT2D eigenvalue weighted by Crippen LogP contribution is 2.31. The molecule has 150 valence electrons. The lowest BCUT2D eigenvalue weighted by atomic mass is 10.1. The number of hydrogen-bond donors (Lipinski definition) is 2. The molecule has 0 saturated carbocycles. The van der Waals surface area contributed by atoms with E-state index in [0.717, 1.165) is 4.90 Å². The first-order valence-electron chi connectivity index (χ1n) is 9.01. The molecule has 2 aromatic carbocycles. The van der Waals surface area contributed by atoms with Crippen LogP contribution in [-0.4, -0.2) is 34.2 Å². The first-order valence-corrected chi connectivity index (χ1v) is 9.01. The predicted octanol–water partition coefficient (Wildman–Crippen LogP) is 3.25. The van der Waals surface area contributed by atoms with Crippen molar-refractivity contribution in [3.05, 3.63) is 53.6 Å². The third-order valence-corrected chi connectivity index (χ3v) is 4.48. The topological polar surface area (TPSA) is 113 Å². The molecule has 0 saturated heterocycles. The molecule has 0 spiro atoms. The zero-order valence-electron chi connectivity index (χ0n) is 16.6. The van der Waals surface area contributed by atoms with Gasteiger partial charge in [-0.05, 0) is 63.2 Å². The number of carbonyl (C=O) groups excluding carboxylic acids is 4. The summed E-state index contributed by atoms with van der Waals surface area (Å²) < 4.78 is 0. The van der Waals surface area contributed by atoms with Crippen molar-refractivity contribution in [3.8, 4) is 0 Å². The summed E-state index contributed by atoms with van der Waals surface area (Å²) in [5.41, 5.74) is 6.64. The number of hydrogen-bond acceptors (Lipinski definition) is 5. The highest BCUT2D eigenvalue weighted by Gasteiger charge is 2.42. The average Bonchev–Trinajstić information content (AvgIpc) is 2.87. The van der Waals surface area contributed by atoms with E-state index in [9.17, 15) is 19.2 Å². The van der Waals surface area contributed by atoms with Crippen LogP contribution in [0, 0.1) is 0 Å². The Kier molecular flexibility index (Phi) is 4.88. The van der Waals surface area contributed by atoms with Crippen molar-refractivity contribution in [1.29, 1.82) is 0 Å². The summed E-state index contributed by atoms with van der Waals surface area (Å²) in [4.78, 5) is 52.1. The maximum Gasteiger partial charge on any atom is 0.333 e. The molecule has 8 heteroatoms. The van der Waals surface area contributed by atoms with Gasteiger partial charge in [-0.1, -0.05) is 0 Å². The minimum atomic E-state index is -0.688. The summed E-state index contributed by atoms with van der Waals surface area (Å²) in [6.07, 6.45) is 0. The Bertz CT molecular complexity index is 1020. The molecule has 0 bridgehead atoms. The lowest BCUT2D eigenvalue weighted by Gasteiger charge is -2.29. The molecule has 1 aliphatic heterocycles. The summed E-state index contributed by atoms with van der Waals surface area (Å²) >= 11 is 0. The molecule has 0 aromatic heterocycles. The van der Waals surface area contributed by atoms with Crippen LogP contribution in [0.4, 0.5) is 21.9 Å². The number of nitrogen functional groups attached to an aromatic ring is 1. The normalized spacial score (nSPS) is 13.3. The number of rotatable bonds is 2. The second kappa shape index (κ2) is 7.05. The Balaban J connectivity index is 1.88. The fourth-order valence-electron chi connectivity index (χ4n) is 3.17. The monoisotopic (exact) mass is 394 g/mol. The van der Waals surface area contributed by atoms with Crippen molar-refractivity contribution in [2.24, 2.45) is 0 Å². The maximum absolute atomic E-state index is 12.7. The summed E-state index contributed by atoms with van der Waals surface area (Å²) in [6, 6.07) is 10.1. The lowest BCUT2D eigenvalue weighted by molar-refractivity contribution is -0.115. The van der Waals surface area contributed by atoms with Crippen molar-refractivity contribution in [2.45, 2.75) is 33.2 Å². The van der Waals surface area contributed by atoms with Gasteiger partial charge in [0.15, 0.2) is 0 Å². The van der Waals surface area contributed by atoms with Crippen molar-refractivity contribution in [3.63, 3.8) is 0 Å². The zero-order valence-corrected chi connectivity index (χ0v) is 16.6. The summed E-state index contributed by atoms with van der Waals surface area (Å²) in [5.74, 6) is -1.28. The number of anilines is 3. The number of carbonyl (C=O) groups is 4. The molecular weight excluding hydrogens is 372 g/mol. The van der Waals surface area contributed by atoms with Crippen molar-refractivity contribution in [2.75, 3.05) is 16.0 Å². The van der Waals surface area contributed by atoms with Crippen LogP contribution in [0.5, 0.6) is 0 Å². The molecular formula is C21H22N4O4. The van der Waals surface area contributed by atoms with Crippen molar-refractivity contribution < 1.29 is 19.2 Å². The SMILES string of the molecule is CC(=O)N(C(=O)Nc1ccc2c(c1)C(=O)N(C(C)(C)C)C2=O)c1ccc(N)cc1. The molecule has 0 atom stereocenters. The third kappa shape index (κ3) is 3.69. The highest BCUT2D eigenvalue weighted by molar-refractivity contribution is 6.23. The van der Waals surface area contributed by atoms with Crippen LogP contribution in [0.15, 0.2) is 42.5 Å². The minimum Gasteiger partial charge on any atom is -0.399 e. The molecule has 3 N–H and O–H groups in total. The molecule has 1 aliphatic rings. The second-order valence-electron chi connectivity index (χ2n) is 7.75. The number of benzene rings is 2. The largest absolute Gasteiger partial charge is 0.399 e. The molecule has 8 nitrogen and oxygen atoms in total. The summed E-state index contributed by atoms with van der Waals surface area (Å²) in [7, 11) is 0. The van der Waals surface area contributed by atoms with Crippen LogP contribution in [0.1, 0.15) is 48.4 Å². The molecule has 0 unspecified atom stereocenters. The van der Waals surface area contributed by atoms with Crippen LogP contribution in [0.25, 0.3) is 0 Å². The average molecular weight is 394 g/mol. The van der Waals surface area contributed by atoms with E-state index in [1.165, 1.54) is 30.0 Å². The minimum absolute atomic E-state index is 0.213. The van der Waals surface area contributed by atoms with Crippen LogP contribution < -0.4 is 16.0 Å². The van der Waals surface area contributed by atoms with Gasteiger partial charge in [0.25, 0.3) is 11.8 Å². The van der Waals surface area contributed by atoms with E-state index < -0.39 is 23.4 Å². The van der Waals surface area contributed by atoms with E-state index in [1.807, 2.05) is 0 Å². The van der Waals surface area contributed by atoms with Gasteiger partial charge in [-0.3, -0.25) is 19.3 Å². The summed E-state index contributed by atoms with van der Waals surface area (Å²) in [5, 5.41) is 2.61. The lowest BCUT2D eigenvalue weighted by Crippen LogP contribution is -2.45. The fraction of sp³-hybridized carbons (Fsp3) is 0.238. The van der Waals surface area contributed by atoms with Gasteiger partial charge in [0, 0.05) is 23.8 Å². The van der Waals surface area contributed by atoms with E-state index in [0.29, 0.717) is 17.1 Å². The second-order valence-corrected chi connectivity index (χ2v) is 7.75. The highest BCUT2D eigenvalue weighted by atomic mass is 16.2. The number of fused-ring (bicyclic) bond motifs is 1. The molecule has 0 fully saturated rings. The molecule has 0 radical (unpaired) electrons. The molecule has 29 heavy (non-hydrogen) atoms. The maximum atomic E-state index is 12.7. The van der Waals surface area contributed by atoms with E-state index in [1.54, 1.807) is 45.0 Å². The Hall–Kier alpha value is -3.68. The Labute approximate surface area is 168 Å². The predicted molar refractivity (Wildman–Crippen MR) is 110 cm³/mol. The Morgan fingerprint density at radius 3 is 2.10 bits per heavy atom. The van der Waals surface area contributed by atoms with Gasteiger partial charge < -0.3 is 11.1 Å². The number of nitrogens with zero attached hydrogens (tertiary/aromatic N) is 2. The number of amides is 5. The smallest absolute Gasteiger partial charge is 0.333 e. The van der Waals surface area contributed by atoms with Gasteiger partial charge in [-0.2, -0.15) is 0 Å². The van der Waals surface area contributed by atoms with Crippen LogP contribution in [0.3, 0.4) is 0 Å². The first kappa shape index (κ1) is 20.1. The van der Waals surface area contributed by atoms with Gasteiger partial charge in [0.2, 0.25) is 5.91 Å². The van der Waals surface area contributed by atoms with E-state index in [-0.39, 0.29) is 17.0 Å². The number of nitrogens with one attached hydrogen (secondary N) is 1. The first-order chi connectivity index (χ1) is 13.5. The van der Waals surface area contributed by atoms with Gasteiger partial charge >= 0.3 is 6.03 Å².